The van der Waals surface area contributed by atoms with Crippen LogP contribution < -0.4 is 5.32 Å². The van der Waals surface area contributed by atoms with Gasteiger partial charge in [-0.05, 0) is 43.8 Å². The van der Waals surface area contributed by atoms with E-state index in [1.165, 1.54) is 11.3 Å². The zero-order valence-electron chi connectivity index (χ0n) is 13.0. The molecule has 1 heterocycles. The number of amides is 1. The van der Waals surface area contributed by atoms with Gasteiger partial charge in [-0.2, -0.15) is 5.26 Å². The topological polar surface area (TPSA) is 56.1 Å². The van der Waals surface area contributed by atoms with E-state index in [2.05, 4.69) is 16.3 Å². The highest BCUT2D eigenvalue weighted by molar-refractivity contribution is 7.16. The minimum atomic E-state index is -0.286. The van der Waals surface area contributed by atoms with Crippen molar-refractivity contribution in [2.75, 3.05) is 11.9 Å². The van der Waals surface area contributed by atoms with Crippen molar-refractivity contribution in [3.63, 3.8) is 0 Å². The maximum absolute atomic E-state index is 12.4. The Kier molecular flexibility index (Phi) is 6.17. The van der Waals surface area contributed by atoms with E-state index in [9.17, 15) is 4.79 Å². The van der Waals surface area contributed by atoms with E-state index in [1.807, 2.05) is 26.0 Å². The number of nitrogens with zero attached hydrogens (tertiary/aromatic N) is 2. The summed E-state index contributed by atoms with van der Waals surface area (Å²) in [6.45, 7) is 5.33. The van der Waals surface area contributed by atoms with Crippen molar-refractivity contribution >= 4 is 34.5 Å². The average molecular weight is 348 g/mol. The lowest BCUT2D eigenvalue weighted by Crippen LogP contribution is -2.41. The fraction of sp³-hybridized carbons (Fsp3) is 0.294. The lowest BCUT2D eigenvalue weighted by atomic mass is 10.2. The molecular weight excluding hydrogens is 330 g/mol. The van der Waals surface area contributed by atoms with Crippen LogP contribution in [0.1, 0.15) is 24.3 Å². The largest absolute Gasteiger partial charge is 0.325 e. The molecule has 1 unspecified atom stereocenters. The summed E-state index contributed by atoms with van der Waals surface area (Å²) >= 11 is 7.48. The van der Waals surface area contributed by atoms with Crippen LogP contribution in [0.3, 0.4) is 0 Å². The van der Waals surface area contributed by atoms with E-state index in [0.29, 0.717) is 17.8 Å². The highest BCUT2D eigenvalue weighted by atomic mass is 35.5. The summed E-state index contributed by atoms with van der Waals surface area (Å²) in [5.74, 6) is -0.0930. The molecule has 1 aromatic heterocycles. The molecule has 0 aliphatic carbocycles. The summed E-state index contributed by atoms with van der Waals surface area (Å²) in [6, 6.07) is 12.5. The number of hydrogen-bond acceptors (Lipinski definition) is 4. The van der Waals surface area contributed by atoms with Crippen molar-refractivity contribution in [1.29, 1.82) is 5.26 Å². The lowest BCUT2D eigenvalue weighted by molar-refractivity contribution is -0.120. The molecule has 0 fully saturated rings. The number of hydrogen-bond donors (Lipinski definition) is 1. The van der Waals surface area contributed by atoms with Crippen molar-refractivity contribution in [2.45, 2.75) is 26.4 Å². The van der Waals surface area contributed by atoms with E-state index >= 15 is 0 Å². The monoisotopic (exact) mass is 347 g/mol. The van der Waals surface area contributed by atoms with Crippen molar-refractivity contribution in [1.82, 2.24) is 4.90 Å². The molecule has 0 spiro atoms. The molecule has 4 nitrogen and oxygen atoms in total. The number of carbonyl (C=O) groups excluding carboxylic acids is 1. The molecular formula is C17H18ClN3OS. The van der Waals surface area contributed by atoms with Gasteiger partial charge in [0.2, 0.25) is 5.91 Å². The smallest absolute Gasteiger partial charge is 0.241 e. The van der Waals surface area contributed by atoms with Gasteiger partial charge in [-0.1, -0.05) is 24.6 Å². The molecule has 0 bridgehead atoms. The number of rotatable bonds is 6. The highest BCUT2D eigenvalue weighted by Crippen LogP contribution is 2.23. The predicted octanol–water partition coefficient (Wildman–Crippen LogP) is 4.12. The minimum absolute atomic E-state index is 0.0930. The summed E-state index contributed by atoms with van der Waals surface area (Å²) in [7, 11) is 0. The van der Waals surface area contributed by atoms with Crippen molar-refractivity contribution in [3.8, 4) is 6.07 Å². The quantitative estimate of drug-likeness (QED) is 0.855. The van der Waals surface area contributed by atoms with Gasteiger partial charge < -0.3 is 5.32 Å². The van der Waals surface area contributed by atoms with Crippen LogP contribution >= 0.6 is 22.9 Å². The van der Waals surface area contributed by atoms with Crippen LogP contribution in [0.5, 0.6) is 0 Å². The van der Waals surface area contributed by atoms with Crippen LogP contribution in [0.15, 0.2) is 36.4 Å². The van der Waals surface area contributed by atoms with Crippen molar-refractivity contribution in [3.05, 3.63) is 51.2 Å². The second kappa shape index (κ2) is 8.11. The third kappa shape index (κ3) is 4.80. The Morgan fingerprint density at radius 3 is 2.83 bits per heavy atom. The second-order valence-electron chi connectivity index (χ2n) is 5.13. The van der Waals surface area contributed by atoms with Gasteiger partial charge in [0, 0.05) is 17.1 Å². The Bertz CT molecular complexity index is 723. The van der Waals surface area contributed by atoms with Crippen LogP contribution in [-0.2, 0) is 11.3 Å². The molecule has 0 radical (unpaired) electrons. The van der Waals surface area contributed by atoms with E-state index in [0.717, 1.165) is 15.8 Å². The summed E-state index contributed by atoms with van der Waals surface area (Å²) in [6.07, 6.45) is 0. The number of thiophene rings is 1. The average Bonchev–Trinajstić information content (AvgIpc) is 2.97. The van der Waals surface area contributed by atoms with Crippen LogP contribution in [0, 0.1) is 11.3 Å². The van der Waals surface area contributed by atoms with Gasteiger partial charge in [0.05, 0.1) is 22.0 Å². The summed E-state index contributed by atoms with van der Waals surface area (Å²) in [4.78, 5) is 15.7. The number of halogens is 1. The first-order valence-corrected chi connectivity index (χ1v) is 8.52. The van der Waals surface area contributed by atoms with Gasteiger partial charge in [-0.3, -0.25) is 9.69 Å². The van der Waals surface area contributed by atoms with Gasteiger partial charge in [-0.25, -0.2) is 0 Å². The number of nitrogens with one attached hydrogen (secondary N) is 1. The molecule has 0 saturated carbocycles. The van der Waals surface area contributed by atoms with E-state index in [-0.39, 0.29) is 11.9 Å². The molecule has 1 atom stereocenters. The number of nitriles is 1. The Morgan fingerprint density at radius 2 is 2.22 bits per heavy atom. The Morgan fingerprint density at radius 1 is 1.43 bits per heavy atom. The predicted molar refractivity (Wildman–Crippen MR) is 94.7 cm³/mol. The van der Waals surface area contributed by atoms with Crippen LogP contribution in [0.4, 0.5) is 5.69 Å². The maximum Gasteiger partial charge on any atom is 0.241 e. The van der Waals surface area contributed by atoms with E-state index in [4.69, 9.17) is 16.9 Å². The lowest BCUT2D eigenvalue weighted by Gasteiger charge is -2.26. The maximum atomic E-state index is 12.4. The molecule has 2 aromatic rings. The first-order valence-electron chi connectivity index (χ1n) is 7.32. The van der Waals surface area contributed by atoms with Crippen LogP contribution in [0.2, 0.25) is 4.34 Å². The Labute approximate surface area is 145 Å². The molecule has 6 heteroatoms. The molecule has 23 heavy (non-hydrogen) atoms. The Hall–Kier alpha value is -1.87. The fourth-order valence-corrected chi connectivity index (χ4v) is 3.35. The summed E-state index contributed by atoms with van der Waals surface area (Å²) in [5, 5.41) is 11.8. The molecule has 0 saturated heterocycles. The van der Waals surface area contributed by atoms with Gasteiger partial charge in [-0.15, -0.1) is 11.3 Å². The third-order valence-electron chi connectivity index (χ3n) is 3.58. The molecule has 0 aliphatic heterocycles. The number of anilines is 1. The first-order chi connectivity index (χ1) is 11.0. The molecule has 120 valence electrons. The SMILES string of the molecule is CCN(Cc1ccc(Cl)s1)C(C)C(=O)Nc1cccc(C#N)c1. The van der Waals surface area contributed by atoms with Crippen LogP contribution in [0.25, 0.3) is 0 Å². The minimum Gasteiger partial charge on any atom is -0.325 e. The van der Waals surface area contributed by atoms with Gasteiger partial charge in [0.1, 0.15) is 0 Å². The van der Waals surface area contributed by atoms with E-state index < -0.39 is 0 Å². The number of likely N-dealkylation sites (N-methyl/N-ethyl adjacent to an activating group) is 1. The van der Waals surface area contributed by atoms with Gasteiger partial charge >= 0.3 is 0 Å². The second-order valence-corrected chi connectivity index (χ2v) is 6.93. The van der Waals surface area contributed by atoms with Crippen molar-refractivity contribution in [2.24, 2.45) is 0 Å². The molecule has 1 N–H and O–H groups in total. The molecule has 2 rings (SSSR count). The first kappa shape index (κ1) is 17.5. The van der Waals surface area contributed by atoms with Crippen LogP contribution in [-0.4, -0.2) is 23.4 Å². The number of carbonyl (C=O) groups is 1. The molecule has 1 aromatic carbocycles. The normalized spacial score (nSPS) is 12.0. The third-order valence-corrected chi connectivity index (χ3v) is 4.80. The zero-order chi connectivity index (χ0) is 16.8. The fourth-order valence-electron chi connectivity index (χ4n) is 2.24. The molecule has 1 amide bonds. The van der Waals surface area contributed by atoms with Gasteiger partial charge in [0.25, 0.3) is 0 Å². The highest BCUT2D eigenvalue weighted by Gasteiger charge is 2.21. The van der Waals surface area contributed by atoms with E-state index in [1.54, 1.807) is 24.3 Å². The standard InChI is InChI=1S/C17H18ClN3OS/c1-3-21(11-15-7-8-16(18)23-15)12(2)17(22)20-14-6-4-5-13(9-14)10-19/h4-9,12H,3,11H2,1-2H3,(H,20,22). The summed E-state index contributed by atoms with van der Waals surface area (Å²) < 4.78 is 0.751. The number of benzene rings is 1. The van der Waals surface area contributed by atoms with Crippen molar-refractivity contribution < 1.29 is 4.79 Å². The zero-order valence-corrected chi connectivity index (χ0v) is 14.6. The van der Waals surface area contributed by atoms with Gasteiger partial charge in [0.15, 0.2) is 0 Å². The summed E-state index contributed by atoms with van der Waals surface area (Å²) in [5.41, 5.74) is 1.16. The molecule has 0 aliphatic rings. The Balaban J connectivity index is 2.03.